The van der Waals surface area contributed by atoms with Gasteiger partial charge >= 0.3 is 29.1 Å². The van der Waals surface area contributed by atoms with Gasteiger partial charge in [0.15, 0.2) is 27.6 Å². The number of fused-ring (bicyclic) bond motifs is 5. The van der Waals surface area contributed by atoms with Gasteiger partial charge in [-0.1, -0.05) is 134 Å². The quantitative estimate of drug-likeness (QED) is 0.121. The van der Waals surface area contributed by atoms with Crippen molar-refractivity contribution in [1.29, 1.82) is 0 Å². The molecule has 0 fully saturated rings. The van der Waals surface area contributed by atoms with Crippen LogP contribution in [-0.2, 0) is 48.1 Å². The summed E-state index contributed by atoms with van der Waals surface area (Å²) in [6.07, 6.45) is 13.2. The number of benzene rings is 10. The molecule has 15 rings (SSSR count). The summed E-state index contributed by atoms with van der Waals surface area (Å²) in [6, 6.07) is 56.8. The molecule has 0 bridgehead atoms. The number of para-hydroxylation sites is 1. The lowest BCUT2D eigenvalue weighted by molar-refractivity contribution is -0.661. The van der Waals surface area contributed by atoms with Crippen molar-refractivity contribution in [3.63, 3.8) is 0 Å². The maximum Gasteiger partial charge on any atom is 0.331 e. The van der Waals surface area contributed by atoms with Crippen LogP contribution in [0.4, 0.5) is 0 Å². The third kappa shape index (κ3) is 19.1. The molecule has 5 heterocycles. The Morgan fingerprint density at radius 2 is 0.596 bits per heavy atom. The average molecular weight is 1510 g/mol. The number of nitrogens with zero attached hydrogens (tertiary/aromatic N) is 10. The van der Waals surface area contributed by atoms with E-state index in [0.717, 1.165) is 69.5 Å². The topological polar surface area (TPSA) is 83.8 Å². The predicted octanol–water partition coefficient (Wildman–Crippen LogP) is 22.9. The monoisotopic (exact) mass is 1510 g/mol. The Hall–Kier alpha value is -11.1. The standard InChI is InChI=1S/2C22H27N2.2C21H25N2.C18H19N2/c1-14(2)9-18-7-8-19-13-24(6)22(23-21(19)12-18)20-11-15(3)10-16(4)17(20)5;1-14(2)10-18-8-7-9-21-20(18)13-24(6)22(23-21)19-12-15(3)11-16(4)17(19)5;1-13(2)17-7-8-18-12-23(6)21(22-20(18)11-17)19-10-14(3)9-15(4)16(19)5;1-13(2)17-8-7-9-20-19(17)12-23(6)21(22-20)18-11-14(3)10-15(4)16(18)5;1-12-9-13(2)14(3)16(10-12)18-19-17-8-6-5-7-15(17)11-20(18)4/h7-8,10-14H,9H2,1-6H3;7-9,11-14H,10H2,1-6H3;2*7-13H,1-6H3;5-11H,1-4H3/q5*+1. The lowest BCUT2D eigenvalue weighted by atomic mass is 9.97. The molecule has 0 saturated heterocycles. The second-order valence-corrected chi connectivity index (χ2v) is 34.1. The Balaban J connectivity index is 0.000000141. The highest BCUT2D eigenvalue weighted by Crippen LogP contribution is 2.33. The molecule has 584 valence electrons. The summed E-state index contributed by atoms with van der Waals surface area (Å²) < 4.78 is 10.7. The molecule has 15 aromatic rings. The van der Waals surface area contributed by atoms with E-state index in [2.05, 4.69) is 394 Å². The largest absolute Gasteiger partial charge is 0.331 e. The Labute approximate surface area is 680 Å². The minimum Gasteiger partial charge on any atom is -0.232 e. The third-order valence-corrected chi connectivity index (χ3v) is 22.6. The third-order valence-electron chi connectivity index (χ3n) is 22.6. The molecule has 114 heavy (non-hydrogen) atoms. The molecule has 10 heteroatoms. The minimum absolute atomic E-state index is 0.495. The summed E-state index contributed by atoms with van der Waals surface area (Å²) in [5.41, 5.74) is 36.4. The molecule has 0 radical (unpaired) electrons. The fourth-order valence-electron chi connectivity index (χ4n) is 15.9. The molecule has 0 atom stereocenters. The zero-order valence-electron chi connectivity index (χ0n) is 73.6. The van der Waals surface area contributed by atoms with Crippen LogP contribution in [0.5, 0.6) is 0 Å². The van der Waals surface area contributed by atoms with Crippen LogP contribution in [0.1, 0.15) is 173 Å². The number of hydrogen-bond acceptors (Lipinski definition) is 5. The maximum absolute atomic E-state index is 5.02. The molecule has 0 spiro atoms. The van der Waals surface area contributed by atoms with Crippen LogP contribution in [0.2, 0.25) is 0 Å². The van der Waals surface area contributed by atoms with Crippen molar-refractivity contribution >= 4 is 54.5 Å². The van der Waals surface area contributed by atoms with E-state index in [0.29, 0.717) is 23.7 Å². The van der Waals surface area contributed by atoms with Gasteiger partial charge in [0.25, 0.3) is 0 Å². The second-order valence-electron chi connectivity index (χ2n) is 34.1. The van der Waals surface area contributed by atoms with E-state index >= 15 is 0 Å². The van der Waals surface area contributed by atoms with E-state index in [1.54, 1.807) is 0 Å². The van der Waals surface area contributed by atoms with Gasteiger partial charge in [0.2, 0.25) is 0 Å². The van der Waals surface area contributed by atoms with Crippen LogP contribution in [0.3, 0.4) is 0 Å². The van der Waals surface area contributed by atoms with Crippen LogP contribution in [0.15, 0.2) is 189 Å². The molecule has 0 aliphatic heterocycles. The Morgan fingerprint density at radius 3 is 0.991 bits per heavy atom. The molecule has 10 nitrogen and oxygen atoms in total. The molecule has 0 N–H and O–H groups in total. The van der Waals surface area contributed by atoms with Gasteiger partial charge in [-0.25, -0.2) is 22.8 Å². The summed E-state index contributed by atoms with van der Waals surface area (Å²) in [6.45, 7) is 50.4. The number of rotatable bonds is 11. The van der Waals surface area contributed by atoms with E-state index in [-0.39, 0.29) is 0 Å². The predicted molar refractivity (Wildman–Crippen MR) is 478 cm³/mol. The van der Waals surface area contributed by atoms with Crippen LogP contribution >= 0.6 is 0 Å². The fraction of sp³-hybridized carbons (Fsp3) is 0.327. The van der Waals surface area contributed by atoms with Crippen molar-refractivity contribution in [2.45, 2.75) is 184 Å². The summed E-state index contributed by atoms with van der Waals surface area (Å²) in [5.74, 6) is 7.46. The van der Waals surface area contributed by atoms with Crippen LogP contribution in [0, 0.1) is 116 Å². The first kappa shape index (κ1) is 83.8. The van der Waals surface area contributed by atoms with E-state index < -0.39 is 0 Å². The molecular weight excluding hydrogens is 1390 g/mol. The first-order chi connectivity index (χ1) is 54.0. The normalized spacial score (nSPS) is 11.4. The van der Waals surface area contributed by atoms with Crippen molar-refractivity contribution in [3.05, 3.63) is 294 Å². The number of hydrogen-bond donors (Lipinski definition) is 0. The van der Waals surface area contributed by atoms with Gasteiger partial charge < -0.3 is 0 Å². The SMILES string of the molecule is Cc1cc(C)c(C)c(-c2nc3cc(C(C)C)ccc3c[n+]2C)c1.Cc1cc(C)c(C)c(-c2nc3cc(CC(C)C)ccc3c[n+]2C)c1.Cc1cc(C)c(C)c(-c2nc3cccc(C(C)C)c3c[n+]2C)c1.Cc1cc(C)c(C)c(-c2nc3cccc(CC(C)C)c3c[n+]2C)c1.Cc1cc(C)c(C)c(-c2nc3ccccc3c[n+]2C)c1. The molecule has 5 aromatic heterocycles. The van der Waals surface area contributed by atoms with Crippen LogP contribution in [0.25, 0.3) is 111 Å². The van der Waals surface area contributed by atoms with E-state index in [9.17, 15) is 0 Å². The molecule has 0 aliphatic carbocycles. The lowest BCUT2D eigenvalue weighted by Crippen LogP contribution is -2.32. The van der Waals surface area contributed by atoms with Crippen LogP contribution < -0.4 is 22.8 Å². The van der Waals surface area contributed by atoms with Crippen molar-refractivity contribution in [2.75, 3.05) is 0 Å². The molecule has 0 aliphatic rings. The zero-order chi connectivity index (χ0) is 82.6. The van der Waals surface area contributed by atoms with Gasteiger partial charge in [-0.05, 0) is 350 Å². The van der Waals surface area contributed by atoms with Crippen molar-refractivity contribution in [1.82, 2.24) is 24.9 Å². The van der Waals surface area contributed by atoms with Gasteiger partial charge in [0.1, 0.15) is 31.0 Å². The van der Waals surface area contributed by atoms with Gasteiger partial charge in [-0.2, -0.15) is 0 Å². The zero-order valence-corrected chi connectivity index (χ0v) is 73.6. The van der Waals surface area contributed by atoms with Crippen molar-refractivity contribution in [2.24, 2.45) is 47.1 Å². The molecule has 0 amide bonds. The van der Waals surface area contributed by atoms with Gasteiger partial charge in [0.05, 0.1) is 90.0 Å². The maximum atomic E-state index is 5.02. The van der Waals surface area contributed by atoms with Gasteiger partial charge in [-0.3, -0.25) is 0 Å². The first-order valence-corrected chi connectivity index (χ1v) is 40.9. The molecular formula is C104H123N10+5. The highest BCUT2D eigenvalue weighted by atomic mass is 15.0. The van der Waals surface area contributed by atoms with E-state index in [4.69, 9.17) is 24.9 Å². The van der Waals surface area contributed by atoms with Crippen LogP contribution in [-0.4, -0.2) is 24.9 Å². The van der Waals surface area contributed by atoms with E-state index in [1.807, 2.05) is 12.1 Å². The second kappa shape index (κ2) is 35.5. The molecule has 0 unspecified atom stereocenters. The highest BCUT2D eigenvalue weighted by molar-refractivity contribution is 5.85. The molecule has 0 saturated carbocycles. The Morgan fingerprint density at radius 1 is 0.272 bits per heavy atom. The average Bonchev–Trinajstić information content (AvgIpc) is 0.794. The first-order valence-electron chi connectivity index (χ1n) is 40.9. The van der Waals surface area contributed by atoms with Gasteiger partial charge in [0, 0.05) is 0 Å². The summed E-state index contributed by atoms with van der Waals surface area (Å²) in [5, 5.41) is 6.05. The summed E-state index contributed by atoms with van der Waals surface area (Å²) >= 11 is 0. The lowest BCUT2D eigenvalue weighted by Gasteiger charge is -2.11. The Kier molecular flexibility index (Phi) is 26.1. The summed E-state index contributed by atoms with van der Waals surface area (Å²) in [7, 11) is 10.4. The highest BCUT2D eigenvalue weighted by Gasteiger charge is 2.26. The number of aromatic nitrogens is 10. The summed E-state index contributed by atoms with van der Waals surface area (Å²) in [4.78, 5) is 24.9. The smallest absolute Gasteiger partial charge is 0.232 e. The molecule has 10 aromatic carbocycles. The van der Waals surface area contributed by atoms with Crippen molar-refractivity contribution < 1.29 is 22.8 Å². The number of aryl methyl sites for hydroxylation is 15. The van der Waals surface area contributed by atoms with Gasteiger partial charge in [-0.15, -0.1) is 0 Å². The fourth-order valence-corrected chi connectivity index (χ4v) is 15.9. The Bertz CT molecular complexity index is 6000. The minimum atomic E-state index is 0.495. The van der Waals surface area contributed by atoms with Crippen molar-refractivity contribution in [3.8, 4) is 56.9 Å². The van der Waals surface area contributed by atoms with E-state index in [1.165, 1.54) is 160 Å².